The van der Waals surface area contributed by atoms with Gasteiger partial charge in [-0.05, 0) is 13.8 Å². The van der Waals surface area contributed by atoms with Gasteiger partial charge in [0.25, 0.3) is 5.91 Å². The van der Waals surface area contributed by atoms with Crippen molar-refractivity contribution < 1.29 is 24.3 Å². The van der Waals surface area contributed by atoms with E-state index in [1.165, 1.54) is 4.90 Å². The third-order valence-electron chi connectivity index (χ3n) is 2.42. The van der Waals surface area contributed by atoms with Gasteiger partial charge in [-0.1, -0.05) is 5.16 Å². The molecule has 0 saturated carbocycles. The molecule has 1 rings (SSSR count). The molecule has 2 amide bonds. The Balaban J connectivity index is 2.69. The number of aliphatic carboxylic acids is 1. The maximum atomic E-state index is 12.0. The highest BCUT2D eigenvalue weighted by Gasteiger charge is 2.35. The van der Waals surface area contributed by atoms with E-state index in [4.69, 9.17) is 15.7 Å². The molecular weight excluding hydrogens is 242 g/mol. The van der Waals surface area contributed by atoms with Crippen molar-refractivity contribution in [3.05, 3.63) is 0 Å². The Labute approximate surface area is 103 Å². The summed E-state index contributed by atoms with van der Waals surface area (Å²) in [6.07, 6.45) is -1.12. The topological polar surface area (TPSA) is 122 Å². The number of nitrogens with two attached hydrogens (primary N) is 1. The van der Waals surface area contributed by atoms with Crippen LogP contribution >= 0.6 is 0 Å². The highest BCUT2D eigenvalue weighted by Crippen LogP contribution is 2.15. The zero-order valence-corrected chi connectivity index (χ0v) is 10.1. The van der Waals surface area contributed by atoms with Crippen LogP contribution in [0.1, 0.15) is 20.3 Å². The second-order valence-corrected chi connectivity index (χ2v) is 4.17. The number of carbonyl (C=O) groups is 3. The van der Waals surface area contributed by atoms with E-state index in [-0.39, 0.29) is 24.7 Å². The van der Waals surface area contributed by atoms with Gasteiger partial charge in [0.15, 0.2) is 5.71 Å². The van der Waals surface area contributed by atoms with Crippen LogP contribution in [-0.4, -0.2) is 52.2 Å². The summed E-state index contributed by atoms with van der Waals surface area (Å²) in [7, 11) is 0. The standard InChI is InChI=1S/C10H15N3O5/c1-5(2)13(4-8(11)14)9(15)7-3-6(10(16)17)12-18-7/h5,7H,3-4H2,1-2H3,(H2,11,14)(H,16,17). The fraction of sp³-hybridized carbons (Fsp3) is 0.600. The van der Waals surface area contributed by atoms with Crippen LogP contribution < -0.4 is 5.73 Å². The molecule has 0 aromatic carbocycles. The van der Waals surface area contributed by atoms with Crippen molar-refractivity contribution in [1.29, 1.82) is 0 Å². The average molecular weight is 257 g/mol. The summed E-state index contributed by atoms with van der Waals surface area (Å²) in [5, 5.41) is 12.0. The van der Waals surface area contributed by atoms with Crippen LogP contribution in [0.4, 0.5) is 0 Å². The Morgan fingerprint density at radius 3 is 2.56 bits per heavy atom. The fourth-order valence-electron chi connectivity index (χ4n) is 1.50. The summed E-state index contributed by atoms with van der Waals surface area (Å²) in [6.45, 7) is 3.20. The van der Waals surface area contributed by atoms with Gasteiger partial charge in [0.2, 0.25) is 12.0 Å². The van der Waals surface area contributed by atoms with E-state index < -0.39 is 23.9 Å². The quantitative estimate of drug-likeness (QED) is 0.649. The number of hydrogen-bond donors (Lipinski definition) is 2. The lowest BCUT2D eigenvalue weighted by Gasteiger charge is -2.26. The van der Waals surface area contributed by atoms with Gasteiger partial charge in [-0.25, -0.2) is 4.79 Å². The number of carboxylic acid groups (broad SMARTS) is 1. The van der Waals surface area contributed by atoms with E-state index in [0.29, 0.717) is 0 Å². The number of amides is 2. The van der Waals surface area contributed by atoms with Crippen molar-refractivity contribution in [1.82, 2.24) is 4.90 Å². The van der Waals surface area contributed by atoms with Gasteiger partial charge in [0, 0.05) is 12.5 Å². The summed E-state index contributed by atoms with van der Waals surface area (Å²) in [6, 6.07) is -0.248. The molecule has 0 saturated heterocycles. The van der Waals surface area contributed by atoms with Gasteiger partial charge in [0.1, 0.15) is 0 Å². The van der Waals surface area contributed by atoms with Crippen LogP contribution in [0.2, 0.25) is 0 Å². The largest absolute Gasteiger partial charge is 0.477 e. The molecule has 0 radical (unpaired) electrons. The maximum Gasteiger partial charge on any atom is 0.353 e. The summed E-state index contributed by atoms with van der Waals surface area (Å²) < 4.78 is 0. The normalized spacial score (nSPS) is 18.2. The van der Waals surface area contributed by atoms with E-state index in [1.807, 2.05) is 0 Å². The lowest BCUT2D eigenvalue weighted by Crippen LogP contribution is -2.47. The zero-order valence-electron chi connectivity index (χ0n) is 10.1. The molecule has 100 valence electrons. The van der Waals surface area contributed by atoms with Crippen LogP contribution in [0.15, 0.2) is 5.16 Å². The van der Waals surface area contributed by atoms with Gasteiger partial charge in [-0.15, -0.1) is 0 Å². The monoisotopic (exact) mass is 257 g/mol. The Hall–Kier alpha value is -2.12. The van der Waals surface area contributed by atoms with Crippen molar-refractivity contribution in [2.24, 2.45) is 10.9 Å². The first kappa shape index (κ1) is 13.9. The minimum Gasteiger partial charge on any atom is -0.477 e. The zero-order chi connectivity index (χ0) is 13.9. The molecule has 8 heteroatoms. The second kappa shape index (κ2) is 5.48. The summed E-state index contributed by atoms with van der Waals surface area (Å²) in [5.74, 6) is -2.37. The number of primary amides is 1. The molecule has 0 aromatic rings. The molecular formula is C10H15N3O5. The molecule has 0 aromatic heterocycles. The van der Waals surface area contributed by atoms with Crippen LogP contribution in [0.25, 0.3) is 0 Å². The smallest absolute Gasteiger partial charge is 0.353 e. The maximum absolute atomic E-state index is 12.0. The van der Waals surface area contributed by atoms with Gasteiger partial charge in [0.05, 0.1) is 6.54 Å². The minimum atomic E-state index is -1.23. The highest BCUT2D eigenvalue weighted by atomic mass is 16.6. The molecule has 8 nitrogen and oxygen atoms in total. The molecule has 0 aliphatic carbocycles. The third kappa shape index (κ3) is 3.19. The highest BCUT2D eigenvalue weighted by molar-refractivity contribution is 6.36. The average Bonchev–Trinajstić information content (AvgIpc) is 2.73. The molecule has 0 fully saturated rings. The van der Waals surface area contributed by atoms with Gasteiger partial charge >= 0.3 is 5.97 Å². The van der Waals surface area contributed by atoms with Crippen molar-refractivity contribution in [3.8, 4) is 0 Å². The molecule has 1 atom stereocenters. The first-order chi connectivity index (χ1) is 8.32. The Bertz CT molecular complexity index is 404. The van der Waals surface area contributed by atoms with Crippen LogP contribution in [-0.2, 0) is 19.2 Å². The van der Waals surface area contributed by atoms with E-state index in [9.17, 15) is 14.4 Å². The second-order valence-electron chi connectivity index (χ2n) is 4.17. The van der Waals surface area contributed by atoms with Crippen molar-refractivity contribution in [2.75, 3.05) is 6.54 Å². The van der Waals surface area contributed by atoms with Crippen LogP contribution in [0.3, 0.4) is 0 Å². The number of oxime groups is 1. The van der Waals surface area contributed by atoms with Gasteiger partial charge < -0.3 is 20.6 Å². The third-order valence-corrected chi connectivity index (χ3v) is 2.42. The van der Waals surface area contributed by atoms with Crippen molar-refractivity contribution >= 4 is 23.5 Å². The van der Waals surface area contributed by atoms with Crippen molar-refractivity contribution in [3.63, 3.8) is 0 Å². The Morgan fingerprint density at radius 1 is 1.56 bits per heavy atom. The summed E-state index contributed by atoms with van der Waals surface area (Å²) >= 11 is 0. The number of rotatable bonds is 5. The summed E-state index contributed by atoms with van der Waals surface area (Å²) in [4.78, 5) is 39.5. The fourth-order valence-corrected chi connectivity index (χ4v) is 1.50. The van der Waals surface area contributed by atoms with Gasteiger partial charge in [-0.2, -0.15) is 0 Å². The van der Waals surface area contributed by atoms with E-state index in [2.05, 4.69) is 5.16 Å². The molecule has 3 N–H and O–H groups in total. The van der Waals surface area contributed by atoms with Crippen molar-refractivity contribution in [2.45, 2.75) is 32.4 Å². The predicted octanol–water partition coefficient (Wildman–Crippen LogP) is -1.06. The van der Waals surface area contributed by atoms with Crippen LogP contribution in [0.5, 0.6) is 0 Å². The number of carboxylic acids is 1. The molecule has 1 aliphatic rings. The summed E-state index contributed by atoms with van der Waals surface area (Å²) in [5.41, 5.74) is 4.83. The van der Waals surface area contributed by atoms with E-state index in [1.54, 1.807) is 13.8 Å². The number of carbonyl (C=O) groups excluding carboxylic acids is 2. The Kier molecular flexibility index (Phi) is 4.24. The minimum absolute atomic E-state index is 0.115. The van der Waals surface area contributed by atoms with E-state index >= 15 is 0 Å². The molecule has 1 aliphatic heterocycles. The van der Waals surface area contributed by atoms with Crippen LogP contribution in [0, 0.1) is 0 Å². The molecule has 18 heavy (non-hydrogen) atoms. The molecule has 0 bridgehead atoms. The Morgan fingerprint density at radius 2 is 2.17 bits per heavy atom. The molecule has 1 heterocycles. The first-order valence-electron chi connectivity index (χ1n) is 5.37. The molecule has 1 unspecified atom stereocenters. The predicted molar refractivity (Wildman–Crippen MR) is 60.6 cm³/mol. The number of nitrogens with zero attached hydrogens (tertiary/aromatic N) is 2. The SMILES string of the molecule is CC(C)N(CC(N)=O)C(=O)C1CC(C(=O)O)=NO1. The molecule has 0 spiro atoms. The number of hydrogen-bond acceptors (Lipinski definition) is 5. The lowest BCUT2D eigenvalue weighted by atomic mass is 10.1. The lowest BCUT2D eigenvalue weighted by molar-refractivity contribution is -0.146. The van der Waals surface area contributed by atoms with E-state index in [0.717, 1.165) is 0 Å². The van der Waals surface area contributed by atoms with Gasteiger partial charge in [-0.3, -0.25) is 9.59 Å². The first-order valence-corrected chi connectivity index (χ1v) is 5.37.